The first-order valence-corrected chi connectivity index (χ1v) is 5.34. The predicted octanol–water partition coefficient (Wildman–Crippen LogP) is 2.41. The number of H-pyrrole nitrogens is 1. The van der Waals surface area contributed by atoms with E-state index in [1.165, 1.54) is 11.7 Å². The molecule has 0 atom stereocenters. The molecule has 3 rings (SSSR count). The summed E-state index contributed by atoms with van der Waals surface area (Å²) in [5.74, 6) is 0.856. The molecule has 0 bridgehead atoms. The van der Waals surface area contributed by atoms with Crippen LogP contribution in [0.1, 0.15) is 5.82 Å². The number of rotatable bonds is 0. The van der Waals surface area contributed by atoms with E-state index in [0.717, 1.165) is 10.7 Å². The summed E-state index contributed by atoms with van der Waals surface area (Å²) in [5.41, 5.74) is 0. The van der Waals surface area contributed by atoms with Crippen molar-refractivity contribution in [1.82, 2.24) is 20.2 Å². The number of hydrogen-bond acceptors (Lipinski definition) is 4. The Morgan fingerprint density at radius 2 is 2.20 bits per heavy atom. The van der Waals surface area contributed by atoms with Crippen molar-refractivity contribution in [1.29, 1.82) is 0 Å². The molecular formula is C10H10N4S. The van der Waals surface area contributed by atoms with Crippen molar-refractivity contribution in [2.75, 3.05) is 0 Å². The average molecular weight is 218 g/mol. The molecule has 0 unspecified atom stereocenters. The number of aromatic nitrogens is 4. The fourth-order valence-electron chi connectivity index (χ4n) is 1.07. The first-order valence-electron chi connectivity index (χ1n) is 4.46. The minimum absolute atomic E-state index is 0.856. The van der Waals surface area contributed by atoms with Gasteiger partial charge in [0.05, 0.1) is 0 Å². The maximum Gasteiger partial charge on any atom is 0.137 e. The normalized spacial score (nSPS) is 9.67. The Kier molecular flexibility index (Phi) is 3.04. The lowest BCUT2D eigenvalue weighted by atomic mass is 10.4. The first kappa shape index (κ1) is 9.79. The Bertz CT molecular complexity index is 485. The third-order valence-corrected chi connectivity index (χ3v) is 2.60. The van der Waals surface area contributed by atoms with E-state index in [0.29, 0.717) is 0 Å². The third-order valence-electron chi connectivity index (χ3n) is 1.76. The quantitative estimate of drug-likeness (QED) is 0.630. The molecule has 3 heterocycles. The van der Waals surface area contributed by atoms with Gasteiger partial charge < -0.3 is 0 Å². The average Bonchev–Trinajstić information content (AvgIpc) is 2.88. The molecule has 76 valence electrons. The van der Waals surface area contributed by atoms with Crippen LogP contribution in [0.3, 0.4) is 0 Å². The van der Waals surface area contributed by atoms with E-state index in [9.17, 15) is 0 Å². The maximum atomic E-state index is 4.16. The number of aryl methyl sites for hydroxylation is 1. The van der Waals surface area contributed by atoms with Gasteiger partial charge in [-0.15, -0.1) is 11.3 Å². The molecule has 0 aromatic carbocycles. The topological polar surface area (TPSA) is 54.5 Å². The van der Waals surface area contributed by atoms with Crippen LogP contribution in [0.5, 0.6) is 0 Å². The van der Waals surface area contributed by atoms with Gasteiger partial charge in [0.2, 0.25) is 0 Å². The lowest BCUT2D eigenvalue weighted by Crippen LogP contribution is -1.68. The maximum absolute atomic E-state index is 4.16. The highest BCUT2D eigenvalue weighted by Gasteiger charge is 1.89. The van der Waals surface area contributed by atoms with E-state index in [1.807, 2.05) is 19.2 Å². The zero-order valence-corrected chi connectivity index (χ0v) is 9.03. The van der Waals surface area contributed by atoms with Gasteiger partial charge >= 0.3 is 0 Å². The molecule has 0 saturated heterocycles. The Balaban J connectivity index is 0.000000124. The van der Waals surface area contributed by atoms with Crippen LogP contribution in [-0.2, 0) is 0 Å². The minimum Gasteiger partial charge on any atom is -0.264 e. The van der Waals surface area contributed by atoms with Crippen molar-refractivity contribution < 1.29 is 0 Å². The first-order chi connectivity index (χ1) is 7.36. The summed E-state index contributed by atoms with van der Waals surface area (Å²) in [6.45, 7) is 1.85. The molecule has 3 aromatic heterocycles. The number of nitrogens with one attached hydrogen (secondary N) is 1. The molecule has 1 N–H and O–H groups in total. The number of nitrogens with zero attached hydrogens (tertiary/aromatic N) is 3. The fraction of sp³-hybridized carbons (Fsp3) is 0.100. The fourth-order valence-corrected chi connectivity index (χ4v) is 1.80. The van der Waals surface area contributed by atoms with E-state index in [1.54, 1.807) is 11.3 Å². The number of thiophene rings is 1. The molecule has 3 aromatic rings. The van der Waals surface area contributed by atoms with Crippen molar-refractivity contribution in [2.45, 2.75) is 6.92 Å². The van der Waals surface area contributed by atoms with E-state index in [-0.39, 0.29) is 0 Å². The lowest BCUT2D eigenvalue weighted by molar-refractivity contribution is 1.04. The number of hydrogen-bond donors (Lipinski definition) is 1. The van der Waals surface area contributed by atoms with E-state index in [4.69, 9.17) is 0 Å². The van der Waals surface area contributed by atoms with Crippen LogP contribution in [0.2, 0.25) is 0 Å². The number of aromatic amines is 1. The molecule has 0 spiro atoms. The van der Waals surface area contributed by atoms with Crippen molar-refractivity contribution in [3.05, 3.63) is 41.9 Å². The minimum atomic E-state index is 0.856. The summed E-state index contributed by atoms with van der Waals surface area (Å²) in [5, 5.41) is 9.52. The molecule has 15 heavy (non-hydrogen) atoms. The summed E-state index contributed by atoms with van der Waals surface area (Å²) in [7, 11) is 0. The van der Waals surface area contributed by atoms with Gasteiger partial charge in [0.25, 0.3) is 0 Å². The highest BCUT2D eigenvalue weighted by Crippen LogP contribution is 2.15. The summed E-state index contributed by atoms with van der Waals surface area (Å²) in [6, 6.07) is 6.10. The largest absolute Gasteiger partial charge is 0.264 e. The molecule has 0 aliphatic heterocycles. The molecule has 0 amide bonds. The Hall–Kier alpha value is -1.75. The Morgan fingerprint density at radius 3 is 2.80 bits per heavy atom. The van der Waals surface area contributed by atoms with Gasteiger partial charge in [-0.2, -0.15) is 5.10 Å². The van der Waals surface area contributed by atoms with Crippen LogP contribution in [0.25, 0.3) is 10.2 Å². The van der Waals surface area contributed by atoms with Crippen LogP contribution in [0.4, 0.5) is 0 Å². The highest BCUT2D eigenvalue weighted by atomic mass is 32.1. The monoisotopic (exact) mass is 218 g/mol. The molecule has 0 radical (unpaired) electrons. The number of pyridine rings is 1. The molecule has 0 aliphatic carbocycles. The lowest BCUT2D eigenvalue weighted by Gasteiger charge is -1.81. The SMILES string of the molecule is Cc1ncn[nH]1.c1cnc2sccc2c1. The van der Waals surface area contributed by atoms with Gasteiger partial charge in [0.1, 0.15) is 17.0 Å². The third kappa shape index (κ3) is 2.60. The van der Waals surface area contributed by atoms with Gasteiger partial charge in [0.15, 0.2) is 0 Å². The van der Waals surface area contributed by atoms with Crippen LogP contribution in [0.15, 0.2) is 36.1 Å². The summed E-state index contributed by atoms with van der Waals surface area (Å²) >= 11 is 1.68. The molecule has 5 heteroatoms. The van der Waals surface area contributed by atoms with Crippen LogP contribution < -0.4 is 0 Å². The van der Waals surface area contributed by atoms with Crippen LogP contribution in [-0.4, -0.2) is 20.2 Å². The second-order valence-corrected chi connectivity index (χ2v) is 3.78. The van der Waals surface area contributed by atoms with Gasteiger partial charge in [-0.3, -0.25) is 5.10 Å². The van der Waals surface area contributed by atoms with E-state index < -0.39 is 0 Å². The predicted molar refractivity (Wildman–Crippen MR) is 60.7 cm³/mol. The zero-order chi connectivity index (χ0) is 10.5. The van der Waals surface area contributed by atoms with Crippen molar-refractivity contribution >= 4 is 21.6 Å². The summed E-state index contributed by atoms with van der Waals surface area (Å²) in [4.78, 5) is 9.03. The zero-order valence-electron chi connectivity index (χ0n) is 8.21. The molecule has 0 saturated carbocycles. The van der Waals surface area contributed by atoms with Crippen LogP contribution >= 0.6 is 11.3 Å². The standard InChI is InChI=1S/C7H5NS.C3H5N3/c1-2-6-3-5-9-7(6)8-4-1;1-3-4-2-5-6-3/h1-5H;2H,1H3,(H,4,5,6). The van der Waals surface area contributed by atoms with Gasteiger partial charge in [-0.25, -0.2) is 9.97 Å². The Labute approximate surface area is 91.0 Å². The summed E-state index contributed by atoms with van der Waals surface area (Å²) < 4.78 is 0. The molecule has 4 nitrogen and oxygen atoms in total. The van der Waals surface area contributed by atoms with Gasteiger partial charge in [0, 0.05) is 11.6 Å². The highest BCUT2D eigenvalue weighted by molar-refractivity contribution is 7.16. The van der Waals surface area contributed by atoms with E-state index in [2.05, 4.69) is 37.7 Å². The van der Waals surface area contributed by atoms with Gasteiger partial charge in [-0.1, -0.05) is 6.07 Å². The van der Waals surface area contributed by atoms with Crippen molar-refractivity contribution in [3.8, 4) is 0 Å². The van der Waals surface area contributed by atoms with E-state index >= 15 is 0 Å². The summed E-state index contributed by atoms with van der Waals surface area (Å²) in [6.07, 6.45) is 3.30. The van der Waals surface area contributed by atoms with Crippen molar-refractivity contribution in [3.63, 3.8) is 0 Å². The second-order valence-electron chi connectivity index (χ2n) is 2.89. The molecule has 0 fully saturated rings. The van der Waals surface area contributed by atoms with Crippen LogP contribution in [0, 0.1) is 6.92 Å². The molecular weight excluding hydrogens is 208 g/mol. The number of fused-ring (bicyclic) bond motifs is 1. The van der Waals surface area contributed by atoms with Gasteiger partial charge in [-0.05, 0) is 24.4 Å². The second kappa shape index (κ2) is 4.65. The molecule has 0 aliphatic rings. The smallest absolute Gasteiger partial charge is 0.137 e. The Morgan fingerprint density at radius 1 is 1.27 bits per heavy atom. The van der Waals surface area contributed by atoms with Crippen molar-refractivity contribution in [2.24, 2.45) is 0 Å².